The number of ether oxygens (including phenoxy) is 1. The van der Waals surface area contributed by atoms with E-state index in [0.717, 1.165) is 16.7 Å². The van der Waals surface area contributed by atoms with Crippen LogP contribution in [0.2, 0.25) is 15.1 Å². The number of halogens is 6. The average molecular weight is 605 g/mol. The second kappa shape index (κ2) is 10.6. The van der Waals surface area contributed by atoms with Crippen LogP contribution in [0.25, 0.3) is 28.6 Å². The number of hydrogen-bond acceptors (Lipinski definition) is 9. The van der Waals surface area contributed by atoms with Gasteiger partial charge in [-0.05, 0) is 19.1 Å². The highest BCUT2D eigenvalue weighted by atomic mass is 35.5. The zero-order valence-electron chi connectivity index (χ0n) is 18.3. The Hall–Kier alpha value is -2.66. The van der Waals surface area contributed by atoms with Crippen LogP contribution in [-0.2, 0) is 20.8 Å². The van der Waals surface area contributed by atoms with Crippen molar-refractivity contribution in [3.8, 4) is 28.7 Å². The number of aromatic nitrogens is 4. The Morgan fingerprint density at radius 2 is 1.81 bits per heavy atom. The van der Waals surface area contributed by atoms with E-state index in [2.05, 4.69) is 19.3 Å². The molecule has 0 radical (unpaired) electrons. The first-order valence-electron chi connectivity index (χ1n) is 9.58. The summed E-state index contributed by atoms with van der Waals surface area (Å²) in [5.74, 6) is -0.0527. The van der Waals surface area contributed by atoms with Gasteiger partial charge in [0.2, 0.25) is 5.82 Å². The van der Waals surface area contributed by atoms with Crippen LogP contribution in [-0.4, -0.2) is 45.2 Å². The molecular weight excluding hydrogens is 590 g/mol. The predicted molar refractivity (Wildman–Crippen MR) is 127 cm³/mol. The molecule has 11 nitrogen and oxygen atoms in total. The van der Waals surface area contributed by atoms with E-state index in [1.54, 1.807) is 0 Å². The van der Waals surface area contributed by atoms with Gasteiger partial charge in [-0.2, -0.15) is 26.6 Å². The molecule has 1 aromatic carbocycles. The molecule has 4 N–H and O–H groups in total. The van der Waals surface area contributed by atoms with Gasteiger partial charge in [-0.25, -0.2) is 9.17 Å². The van der Waals surface area contributed by atoms with E-state index in [9.17, 15) is 21.6 Å². The summed E-state index contributed by atoms with van der Waals surface area (Å²) in [6.07, 6.45) is -3.56. The maximum Gasteiger partial charge on any atom is 0.417 e. The topological polar surface area (TPSA) is 164 Å². The van der Waals surface area contributed by atoms with Crippen molar-refractivity contribution < 1.29 is 39.6 Å². The molecule has 0 spiro atoms. The molecule has 3 aromatic heterocycles. The van der Waals surface area contributed by atoms with Crippen molar-refractivity contribution in [2.24, 2.45) is 0 Å². The van der Waals surface area contributed by atoms with E-state index in [4.69, 9.17) is 48.6 Å². The average Bonchev–Trinajstić information content (AvgIpc) is 3.39. The predicted octanol–water partition coefficient (Wildman–Crippen LogP) is 5.78. The minimum Gasteiger partial charge on any atom is -0.489 e. The number of fused-ring (bicyclic) bond motifs is 1. The van der Waals surface area contributed by atoms with E-state index < -0.39 is 28.2 Å². The summed E-state index contributed by atoms with van der Waals surface area (Å²) in [6, 6.07) is 3.44. The number of imidazole rings is 1. The number of pyridine rings is 1. The van der Waals surface area contributed by atoms with Crippen LogP contribution in [0.4, 0.5) is 13.2 Å². The van der Waals surface area contributed by atoms with Crippen molar-refractivity contribution in [1.82, 2.24) is 25.7 Å². The van der Waals surface area contributed by atoms with E-state index in [1.165, 1.54) is 25.3 Å². The summed E-state index contributed by atoms with van der Waals surface area (Å²) < 4.78 is 85.4. The lowest BCUT2D eigenvalue weighted by molar-refractivity contribution is -0.137. The fourth-order valence-electron chi connectivity index (χ4n) is 3.00. The highest BCUT2D eigenvalue weighted by Gasteiger charge is 2.32. The van der Waals surface area contributed by atoms with Gasteiger partial charge in [0.15, 0.2) is 5.65 Å². The van der Waals surface area contributed by atoms with E-state index in [0.29, 0.717) is 0 Å². The summed E-state index contributed by atoms with van der Waals surface area (Å²) in [7, 11) is -4.66. The molecule has 0 bridgehead atoms. The van der Waals surface area contributed by atoms with Crippen LogP contribution in [0.3, 0.4) is 0 Å². The molecule has 18 heteroatoms. The Morgan fingerprint density at radius 3 is 2.46 bits per heavy atom. The van der Waals surface area contributed by atoms with E-state index >= 15 is 0 Å². The molecule has 3 heterocycles. The molecule has 4 aromatic rings. The van der Waals surface area contributed by atoms with Crippen molar-refractivity contribution in [2.75, 3.05) is 6.61 Å². The molecule has 0 saturated heterocycles. The first kappa shape index (κ1) is 28.9. The third-order valence-corrected chi connectivity index (χ3v) is 5.96. The van der Waals surface area contributed by atoms with Crippen LogP contribution in [0.15, 0.2) is 35.1 Å². The maximum absolute atomic E-state index is 13.1. The number of benzene rings is 1. The van der Waals surface area contributed by atoms with Crippen molar-refractivity contribution in [2.45, 2.75) is 19.2 Å². The van der Waals surface area contributed by atoms with Crippen LogP contribution < -0.4 is 10.9 Å². The Bertz CT molecular complexity index is 1560. The van der Waals surface area contributed by atoms with Gasteiger partial charge in [0, 0.05) is 24.0 Å². The second-order valence-corrected chi connectivity index (χ2v) is 9.53. The number of nitrogens with zero attached hydrogens (tertiary/aromatic N) is 4. The summed E-state index contributed by atoms with van der Waals surface area (Å²) in [4.78, 5) is 8.32. The molecule has 4 rings (SSSR count). The van der Waals surface area contributed by atoms with Gasteiger partial charge in [-0.1, -0.05) is 40.0 Å². The quantitative estimate of drug-likeness (QED) is 0.247. The van der Waals surface area contributed by atoms with E-state index in [-0.39, 0.29) is 62.2 Å². The van der Waals surface area contributed by atoms with Crippen molar-refractivity contribution >= 4 is 50.8 Å². The zero-order valence-corrected chi connectivity index (χ0v) is 21.4. The van der Waals surface area contributed by atoms with Gasteiger partial charge in [0.25, 0.3) is 5.89 Å². The molecule has 0 aliphatic rings. The molecule has 0 aliphatic heterocycles. The molecule has 0 aliphatic carbocycles. The third kappa shape index (κ3) is 6.62. The van der Waals surface area contributed by atoms with Crippen LogP contribution in [0.5, 0.6) is 5.75 Å². The number of hydrogen-bond donors (Lipinski definition) is 2. The summed E-state index contributed by atoms with van der Waals surface area (Å²) >= 11 is 18.5. The van der Waals surface area contributed by atoms with Crippen molar-refractivity contribution in [3.05, 3.63) is 51.2 Å². The van der Waals surface area contributed by atoms with E-state index in [1.807, 2.05) is 0 Å². The first-order valence-corrected chi connectivity index (χ1v) is 12.1. The SMILES string of the molecule is CC(COc1cc(Cl)c(-c2noc(-c3cn4cc(C(F)(F)F)cc(Cl)c4n3)n2)cc1Cl)OS(=O)(=O)O.N. The molecular formula is C19H15Cl3F3N5O6S. The third-order valence-electron chi connectivity index (χ3n) is 4.50. The van der Waals surface area contributed by atoms with Crippen LogP contribution in [0, 0.1) is 0 Å². The highest BCUT2D eigenvalue weighted by Crippen LogP contribution is 2.37. The van der Waals surface area contributed by atoms with Crippen molar-refractivity contribution in [3.63, 3.8) is 0 Å². The highest BCUT2D eigenvalue weighted by molar-refractivity contribution is 7.80. The molecule has 1 unspecified atom stereocenters. The number of rotatable bonds is 7. The van der Waals surface area contributed by atoms with Gasteiger partial charge in [-0.15, -0.1) is 0 Å². The van der Waals surface area contributed by atoms with Gasteiger partial charge in [0.05, 0.1) is 20.6 Å². The first-order chi connectivity index (χ1) is 16.7. The summed E-state index contributed by atoms with van der Waals surface area (Å²) in [5, 5.41) is 3.72. The monoisotopic (exact) mass is 603 g/mol. The Kier molecular flexibility index (Phi) is 8.28. The largest absolute Gasteiger partial charge is 0.489 e. The fourth-order valence-corrected chi connectivity index (χ4v) is 4.19. The minimum atomic E-state index is -4.66. The second-order valence-electron chi connectivity index (χ2n) is 7.26. The molecule has 37 heavy (non-hydrogen) atoms. The summed E-state index contributed by atoms with van der Waals surface area (Å²) in [5.41, 5.74) is -0.621. The lowest BCUT2D eigenvalue weighted by atomic mass is 10.2. The molecule has 1 atom stereocenters. The molecule has 0 saturated carbocycles. The van der Waals surface area contributed by atoms with Gasteiger partial charge in [-0.3, -0.25) is 4.55 Å². The molecule has 0 amide bonds. The fraction of sp³-hybridized carbons (Fsp3) is 0.211. The van der Waals surface area contributed by atoms with Gasteiger partial charge >= 0.3 is 16.6 Å². The van der Waals surface area contributed by atoms with Crippen LogP contribution >= 0.6 is 34.8 Å². The molecule has 0 fully saturated rings. The van der Waals surface area contributed by atoms with Crippen LogP contribution in [0.1, 0.15) is 12.5 Å². The maximum atomic E-state index is 13.1. The van der Waals surface area contributed by atoms with Crippen molar-refractivity contribution in [1.29, 1.82) is 0 Å². The Balaban J connectivity index is 0.00000380. The molecule has 200 valence electrons. The Labute approximate surface area is 221 Å². The lowest BCUT2D eigenvalue weighted by Crippen LogP contribution is -2.21. The number of alkyl halides is 3. The smallest absolute Gasteiger partial charge is 0.417 e. The zero-order chi connectivity index (χ0) is 26.4. The summed E-state index contributed by atoms with van der Waals surface area (Å²) in [6.45, 7) is 1.06. The minimum absolute atomic E-state index is 0. The van der Waals surface area contributed by atoms with Gasteiger partial charge < -0.3 is 19.8 Å². The van der Waals surface area contributed by atoms with Gasteiger partial charge in [0.1, 0.15) is 24.2 Å². The Morgan fingerprint density at radius 1 is 1.11 bits per heavy atom. The lowest BCUT2D eigenvalue weighted by Gasteiger charge is -2.13. The standard InChI is InChI=1S/C19H12Cl3F3N4O6S.H3N/c1-8(35-36(30,31)32)7-33-15-4-11(20)10(3-12(15)21)16-27-18(34-28-16)14-6-29-5-9(19(23,24)25)2-13(22)17(29)26-14;/h2-6,8H,7H2,1H3,(H,30,31,32);1H3. The normalized spacial score (nSPS) is 13.0.